The van der Waals surface area contributed by atoms with Crippen LogP contribution in [0.2, 0.25) is 0 Å². The van der Waals surface area contributed by atoms with Gasteiger partial charge in [0.15, 0.2) is 0 Å². The molecule has 0 aromatic carbocycles. The van der Waals surface area contributed by atoms with Crippen molar-refractivity contribution in [1.29, 1.82) is 0 Å². The van der Waals surface area contributed by atoms with Crippen molar-refractivity contribution in [2.75, 3.05) is 25.9 Å². The lowest BCUT2D eigenvalue weighted by molar-refractivity contribution is -0.118. The summed E-state index contributed by atoms with van der Waals surface area (Å²) < 4.78 is 29.7. The zero-order valence-electron chi connectivity index (χ0n) is 12.1. The predicted octanol–water partition coefficient (Wildman–Crippen LogP) is 0.887. The molecule has 1 amide bonds. The maximum Gasteiger partial charge on any atom is 0.410 e. The van der Waals surface area contributed by atoms with E-state index in [1.165, 1.54) is 10.6 Å². The fourth-order valence-corrected chi connectivity index (χ4v) is 4.00. The minimum absolute atomic E-state index is 0.0406. The number of hydrogen-bond acceptors (Lipinski definition) is 4. The molecular weight excluding hydrogens is 268 g/mol. The van der Waals surface area contributed by atoms with Crippen LogP contribution in [-0.2, 0) is 14.8 Å². The van der Waals surface area contributed by atoms with Crippen molar-refractivity contribution in [3.05, 3.63) is 0 Å². The first-order chi connectivity index (χ1) is 8.45. The van der Waals surface area contributed by atoms with E-state index in [1.807, 2.05) is 27.7 Å². The summed E-state index contributed by atoms with van der Waals surface area (Å²) in [6.07, 6.45) is 0.906. The normalized spacial score (nSPS) is 26.8. The molecule has 0 aliphatic carbocycles. The highest BCUT2D eigenvalue weighted by atomic mass is 32.2. The Kier molecular flexibility index (Phi) is 3.14. The van der Waals surface area contributed by atoms with Crippen LogP contribution in [0.1, 0.15) is 27.7 Å². The van der Waals surface area contributed by atoms with Crippen LogP contribution in [0.5, 0.6) is 0 Å². The van der Waals surface area contributed by atoms with Gasteiger partial charge in [-0.2, -0.15) is 4.31 Å². The number of carbonyl (C=O) groups is 1. The molecule has 0 aromatic rings. The number of likely N-dealkylation sites (tertiary alicyclic amines) is 1. The van der Waals surface area contributed by atoms with E-state index >= 15 is 0 Å². The highest BCUT2D eigenvalue weighted by molar-refractivity contribution is 7.88. The van der Waals surface area contributed by atoms with E-state index in [2.05, 4.69) is 0 Å². The second kappa shape index (κ2) is 4.09. The molecule has 6 nitrogen and oxygen atoms in total. The Morgan fingerprint density at radius 2 is 1.79 bits per heavy atom. The Morgan fingerprint density at radius 1 is 1.26 bits per heavy atom. The van der Waals surface area contributed by atoms with Gasteiger partial charge in [0, 0.05) is 31.1 Å². The predicted molar refractivity (Wildman–Crippen MR) is 71.3 cm³/mol. The summed E-state index contributed by atoms with van der Waals surface area (Å²) in [5.74, 6) is 0. The zero-order valence-corrected chi connectivity index (χ0v) is 13.0. The monoisotopic (exact) mass is 290 g/mol. The summed E-state index contributed by atoms with van der Waals surface area (Å²) in [6, 6.07) is -0.0406. The maximum atomic E-state index is 11.8. The number of carbonyl (C=O) groups excluding carboxylic acids is 1. The van der Waals surface area contributed by atoms with Crippen molar-refractivity contribution >= 4 is 16.1 Å². The molecule has 0 aromatic heterocycles. The van der Waals surface area contributed by atoms with Crippen molar-refractivity contribution in [2.24, 2.45) is 5.41 Å². The molecule has 0 saturated carbocycles. The molecule has 0 bridgehead atoms. The summed E-state index contributed by atoms with van der Waals surface area (Å²) in [7, 11) is -3.13. The van der Waals surface area contributed by atoms with E-state index in [4.69, 9.17) is 4.74 Å². The van der Waals surface area contributed by atoms with Crippen LogP contribution in [0.3, 0.4) is 0 Å². The quantitative estimate of drug-likeness (QED) is 0.719. The van der Waals surface area contributed by atoms with Gasteiger partial charge in [0.25, 0.3) is 0 Å². The van der Waals surface area contributed by atoms with Gasteiger partial charge in [-0.15, -0.1) is 0 Å². The molecule has 2 saturated heterocycles. The van der Waals surface area contributed by atoms with Crippen molar-refractivity contribution in [3.8, 4) is 0 Å². The molecule has 2 aliphatic rings. The Balaban J connectivity index is 1.90. The van der Waals surface area contributed by atoms with Crippen LogP contribution < -0.4 is 0 Å². The second-order valence-electron chi connectivity index (χ2n) is 6.68. The van der Waals surface area contributed by atoms with Gasteiger partial charge in [0.1, 0.15) is 5.60 Å². The number of hydrogen-bond donors (Lipinski definition) is 0. The van der Waals surface area contributed by atoms with Crippen molar-refractivity contribution in [3.63, 3.8) is 0 Å². The third-order valence-corrected chi connectivity index (χ3v) is 5.18. The molecule has 2 rings (SSSR count). The third kappa shape index (κ3) is 2.58. The molecule has 1 unspecified atom stereocenters. The summed E-state index contributed by atoms with van der Waals surface area (Å²) in [5.41, 5.74) is -0.566. The van der Waals surface area contributed by atoms with Gasteiger partial charge in [-0.05, 0) is 27.7 Å². The van der Waals surface area contributed by atoms with Crippen LogP contribution in [0.25, 0.3) is 0 Å². The number of sulfonamides is 1. The highest BCUT2D eigenvalue weighted by Crippen LogP contribution is 2.46. The standard InChI is InChI=1S/C12H22N2O4S/c1-9-12(8-14(9)19(5,16)17)6-13(7-12)10(15)18-11(2,3)4/h9H,6-8H2,1-5H3. The van der Waals surface area contributed by atoms with Crippen LogP contribution in [0.4, 0.5) is 4.79 Å². The summed E-state index contributed by atoms with van der Waals surface area (Å²) in [5, 5.41) is 0. The van der Waals surface area contributed by atoms with Gasteiger partial charge < -0.3 is 9.64 Å². The average molecular weight is 290 g/mol. The first kappa shape index (κ1) is 14.6. The van der Waals surface area contributed by atoms with Gasteiger partial charge in [-0.25, -0.2) is 13.2 Å². The van der Waals surface area contributed by atoms with Gasteiger partial charge in [0.2, 0.25) is 10.0 Å². The van der Waals surface area contributed by atoms with Gasteiger partial charge in [-0.1, -0.05) is 0 Å². The Hall–Kier alpha value is -0.820. The molecule has 7 heteroatoms. The van der Waals surface area contributed by atoms with Gasteiger partial charge in [0.05, 0.1) is 6.26 Å². The molecular formula is C12H22N2O4S. The topological polar surface area (TPSA) is 66.9 Å². The molecule has 0 radical (unpaired) electrons. The number of nitrogens with zero attached hydrogens (tertiary/aromatic N) is 2. The molecule has 2 fully saturated rings. The molecule has 1 atom stereocenters. The van der Waals surface area contributed by atoms with Crippen LogP contribution in [-0.4, -0.2) is 61.2 Å². The van der Waals surface area contributed by atoms with E-state index in [-0.39, 0.29) is 17.6 Å². The Labute approximate surface area is 114 Å². The van der Waals surface area contributed by atoms with E-state index < -0.39 is 15.6 Å². The van der Waals surface area contributed by atoms with E-state index in [1.54, 1.807) is 4.90 Å². The van der Waals surface area contributed by atoms with E-state index in [0.29, 0.717) is 19.6 Å². The van der Waals surface area contributed by atoms with E-state index in [9.17, 15) is 13.2 Å². The minimum Gasteiger partial charge on any atom is -0.444 e. The smallest absolute Gasteiger partial charge is 0.410 e. The molecule has 1 spiro atoms. The largest absolute Gasteiger partial charge is 0.444 e. The number of ether oxygens (including phenoxy) is 1. The van der Waals surface area contributed by atoms with Crippen molar-refractivity contribution in [1.82, 2.24) is 9.21 Å². The molecule has 19 heavy (non-hydrogen) atoms. The summed E-state index contributed by atoms with van der Waals surface area (Å²) >= 11 is 0. The third-order valence-electron chi connectivity index (χ3n) is 3.88. The highest BCUT2D eigenvalue weighted by Gasteiger charge is 2.61. The summed E-state index contributed by atoms with van der Waals surface area (Å²) in [4.78, 5) is 13.5. The lowest BCUT2D eigenvalue weighted by atomic mass is 9.68. The lowest BCUT2D eigenvalue weighted by Crippen LogP contribution is -2.77. The lowest BCUT2D eigenvalue weighted by Gasteiger charge is -2.63. The fourth-order valence-electron chi connectivity index (χ4n) is 2.71. The van der Waals surface area contributed by atoms with Gasteiger partial charge in [-0.3, -0.25) is 0 Å². The second-order valence-corrected chi connectivity index (χ2v) is 8.62. The molecule has 2 heterocycles. The number of amides is 1. The SMILES string of the molecule is CC1N(S(C)(=O)=O)CC12CN(C(=O)OC(C)(C)C)C2. The van der Waals surface area contributed by atoms with Crippen molar-refractivity contribution in [2.45, 2.75) is 39.3 Å². The average Bonchev–Trinajstić information content (AvgIpc) is 2.07. The Bertz CT molecular complexity index is 488. The Morgan fingerprint density at radius 3 is 2.16 bits per heavy atom. The fraction of sp³-hybridized carbons (Fsp3) is 0.917. The molecule has 0 N–H and O–H groups in total. The zero-order chi connectivity index (χ0) is 14.6. The van der Waals surface area contributed by atoms with Gasteiger partial charge >= 0.3 is 6.09 Å². The first-order valence-corrected chi connectivity index (χ1v) is 8.24. The first-order valence-electron chi connectivity index (χ1n) is 6.39. The number of rotatable bonds is 1. The van der Waals surface area contributed by atoms with Crippen molar-refractivity contribution < 1.29 is 17.9 Å². The van der Waals surface area contributed by atoms with E-state index in [0.717, 1.165) is 0 Å². The van der Waals surface area contributed by atoms with Crippen LogP contribution >= 0.6 is 0 Å². The van der Waals surface area contributed by atoms with Crippen LogP contribution in [0.15, 0.2) is 0 Å². The summed E-state index contributed by atoms with van der Waals surface area (Å²) in [6.45, 7) is 9.06. The minimum atomic E-state index is -3.13. The molecule has 110 valence electrons. The maximum absolute atomic E-state index is 11.8. The molecule has 2 aliphatic heterocycles. The van der Waals surface area contributed by atoms with Crippen LogP contribution in [0, 0.1) is 5.41 Å².